The first kappa shape index (κ1) is 11.9. The predicted molar refractivity (Wildman–Crippen MR) is 53.2 cm³/mol. The summed E-state index contributed by atoms with van der Waals surface area (Å²) < 4.78 is 10.2. The number of hydrogen-bond acceptors (Lipinski definition) is 4. The number of amides is 2. The zero-order valence-corrected chi connectivity index (χ0v) is 8.93. The van der Waals surface area contributed by atoms with Crippen LogP contribution in [0.25, 0.3) is 0 Å². The van der Waals surface area contributed by atoms with Gasteiger partial charge >= 0.3 is 0 Å². The summed E-state index contributed by atoms with van der Waals surface area (Å²) in [7, 11) is 1.59. The fourth-order valence-corrected chi connectivity index (χ4v) is 1.25. The monoisotopic (exact) mass is 213 g/mol. The summed E-state index contributed by atoms with van der Waals surface area (Å²) in [6, 6.07) is 0. The highest BCUT2D eigenvalue weighted by molar-refractivity contribution is 6.12. The average molecular weight is 213 g/mol. The molecule has 0 fully saturated rings. The first-order chi connectivity index (χ1) is 7.15. The molecule has 2 amide bonds. The summed E-state index contributed by atoms with van der Waals surface area (Å²) in [5.41, 5.74) is 0. The highest BCUT2D eigenvalue weighted by Crippen LogP contribution is 2.05. The maximum absolute atomic E-state index is 11.2. The van der Waals surface area contributed by atoms with E-state index in [1.165, 1.54) is 12.2 Å². The Kier molecular flexibility index (Phi) is 4.45. The minimum Gasteiger partial charge on any atom is -0.382 e. The quantitative estimate of drug-likeness (QED) is 0.459. The summed E-state index contributed by atoms with van der Waals surface area (Å²) in [6.45, 7) is 3.06. The van der Waals surface area contributed by atoms with Crippen molar-refractivity contribution in [2.45, 2.75) is 13.0 Å². The molecule has 15 heavy (non-hydrogen) atoms. The number of imide groups is 1. The molecule has 0 spiro atoms. The Bertz CT molecular complexity index is 257. The summed E-state index contributed by atoms with van der Waals surface area (Å²) >= 11 is 0. The lowest BCUT2D eigenvalue weighted by molar-refractivity contribution is -0.139. The number of hydrogen-bond donors (Lipinski definition) is 0. The van der Waals surface area contributed by atoms with E-state index < -0.39 is 0 Å². The fraction of sp³-hybridized carbons (Fsp3) is 0.600. The molecule has 0 aromatic rings. The summed E-state index contributed by atoms with van der Waals surface area (Å²) in [5.74, 6) is -0.551. The maximum atomic E-state index is 11.2. The van der Waals surface area contributed by atoms with Gasteiger partial charge in [0.25, 0.3) is 11.8 Å². The fourth-order valence-electron chi connectivity index (χ4n) is 1.25. The third-order valence-electron chi connectivity index (χ3n) is 2.03. The van der Waals surface area contributed by atoms with Crippen molar-refractivity contribution in [2.75, 3.05) is 26.9 Å². The molecule has 0 saturated heterocycles. The SMILES string of the molecule is COCCOC(C)CN1C(=O)C=CC1=O. The maximum Gasteiger partial charge on any atom is 0.253 e. The number of ether oxygens (including phenoxy) is 2. The van der Waals surface area contributed by atoms with Crippen LogP contribution in [0, 0.1) is 0 Å². The van der Waals surface area contributed by atoms with Crippen LogP contribution in [-0.4, -0.2) is 49.7 Å². The molecular weight excluding hydrogens is 198 g/mol. The van der Waals surface area contributed by atoms with Gasteiger partial charge in [0.15, 0.2) is 0 Å². The van der Waals surface area contributed by atoms with Crippen LogP contribution in [0.15, 0.2) is 12.2 Å². The van der Waals surface area contributed by atoms with Crippen LogP contribution in [0.4, 0.5) is 0 Å². The van der Waals surface area contributed by atoms with Crippen LogP contribution in [-0.2, 0) is 19.1 Å². The average Bonchev–Trinajstić information content (AvgIpc) is 2.50. The van der Waals surface area contributed by atoms with Crippen molar-refractivity contribution in [1.82, 2.24) is 4.90 Å². The van der Waals surface area contributed by atoms with Gasteiger partial charge in [-0.2, -0.15) is 0 Å². The smallest absolute Gasteiger partial charge is 0.253 e. The van der Waals surface area contributed by atoms with E-state index >= 15 is 0 Å². The zero-order valence-electron chi connectivity index (χ0n) is 8.93. The standard InChI is InChI=1S/C10H15NO4/c1-8(15-6-5-14-2)7-11-9(12)3-4-10(11)13/h3-4,8H,5-7H2,1-2H3. The first-order valence-corrected chi connectivity index (χ1v) is 4.79. The molecule has 5 heteroatoms. The largest absolute Gasteiger partial charge is 0.382 e. The molecule has 0 aliphatic carbocycles. The topological polar surface area (TPSA) is 55.8 Å². The molecule has 0 radical (unpaired) electrons. The molecule has 0 bridgehead atoms. The van der Waals surface area contributed by atoms with E-state index in [1.54, 1.807) is 7.11 Å². The van der Waals surface area contributed by atoms with Gasteiger partial charge in [-0.25, -0.2) is 0 Å². The Balaban J connectivity index is 2.28. The summed E-state index contributed by atoms with van der Waals surface area (Å²) in [5, 5.41) is 0. The molecule has 0 saturated carbocycles. The highest BCUT2D eigenvalue weighted by atomic mass is 16.5. The Labute approximate surface area is 88.6 Å². The van der Waals surface area contributed by atoms with Gasteiger partial charge in [0, 0.05) is 19.3 Å². The summed E-state index contributed by atoms with van der Waals surface area (Å²) in [4.78, 5) is 23.5. The van der Waals surface area contributed by atoms with Gasteiger partial charge in [-0.1, -0.05) is 0 Å². The second kappa shape index (κ2) is 5.63. The minimum absolute atomic E-state index is 0.173. The third-order valence-corrected chi connectivity index (χ3v) is 2.03. The summed E-state index contributed by atoms with van der Waals surface area (Å²) in [6.07, 6.45) is 2.36. The van der Waals surface area contributed by atoms with E-state index in [-0.39, 0.29) is 24.5 Å². The van der Waals surface area contributed by atoms with Crippen LogP contribution < -0.4 is 0 Å². The van der Waals surface area contributed by atoms with E-state index in [4.69, 9.17) is 9.47 Å². The van der Waals surface area contributed by atoms with E-state index in [0.717, 1.165) is 4.90 Å². The number of rotatable bonds is 6. The van der Waals surface area contributed by atoms with Crippen molar-refractivity contribution in [2.24, 2.45) is 0 Å². The van der Waals surface area contributed by atoms with Gasteiger partial charge in [0.1, 0.15) is 0 Å². The molecule has 84 valence electrons. The van der Waals surface area contributed by atoms with Crippen molar-refractivity contribution in [3.8, 4) is 0 Å². The third kappa shape index (κ3) is 3.45. The van der Waals surface area contributed by atoms with Gasteiger partial charge < -0.3 is 9.47 Å². The second-order valence-electron chi connectivity index (χ2n) is 3.29. The van der Waals surface area contributed by atoms with Crippen molar-refractivity contribution >= 4 is 11.8 Å². The molecule has 1 rings (SSSR count). The number of carbonyl (C=O) groups is 2. The van der Waals surface area contributed by atoms with Crippen LogP contribution in [0.2, 0.25) is 0 Å². The van der Waals surface area contributed by atoms with Crippen LogP contribution >= 0.6 is 0 Å². The second-order valence-corrected chi connectivity index (χ2v) is 3.29. The molecule has 5 nitrogen and oxygen atoms in total. The molecule has 1 atom stereocenters. The number of carbonyl (C=O) groups excluding carboxylic acids is 2. The van der Waals surface area contributed by atoms with Gasteiger partial charge in [-0.15, -0.1) is 0 Å². The van der Waals surface area contributed by atoms with E-state index in [9.17, 15) is 9.59 Å². The molecule has 0 aromatic carbocycles. The van der Waals surface area contributed by atoms with Crippen LogP contribution in [0.3, 0.4) is 0 Å². The molecular formula is C10H15NO4. The Hall–Kier alpha value is -1.20. The molecule has 0 N–H and O–H groups in total. The first-order valence-electron chi connectivity index (χ1n) is 4.79. The van der Waals surface area contributed by atoms with E-state index in [1.807, 2.05) is 6.92 Å². The van der Waals surface area contributed by atoms with Gasteiger partial charge in [-0.05, 0) is 6.92 Å². The van der Waals surface area contributed by atoms with Gasteiger partial charge in [0.05, 0.1) is 25.9 Å². The van der Waals surface area contributed by atoms with Crippen molar-refractivity contribution in [3.63, 3.8) is 0 Å². The van der Waals surface area contributed by atoms with Crippen LogP contribution in [0.1, 0.15) is 6.92 Å². The number of methoxy groups -OCH3 is 1. The highest BCUT2D eigenvalue weighted by Gasteiger charge is 2.24. The van der Waals surface area contributed by atoms with E-state index in [0.29, 0.717) is 13.2 Å². The zero-order chi connectivity index (χ0) is 11.3. The Morgan fingerprint density at radius 2 is 1.87 bits per heavy atom. The molecule has 1 aliphatic rings. The molecule has 1 aliphatic heterocycles. The van der Waals surface area contributed by atoms with Crippen LogP contribution in [0.5, 0.6) is 0 Å². The minimum atomic E-state index is -0.276. The normalized spacial score (nSPS) is 17.6. The number of nitrogens with zero attached hydrogens (tertiary/aromatic N) is 1. The predicted octanol–water partition coefficient (Wildman–Crippen LogP) is -0.0371. The molecule has 1 unspecified atom stereocenters. The molecule has 0 aromatic heterocycles. The Morgan fingerprint density at radius 1 is 1.27 bits per heavy atom. The van der Waals surface area contributed by atoms with Crippen molar-refractivity contribution < 1.29 is 19.1 Å². The van der Waals surface area contributed by atoms with Gasteiger partial charge in [-0.3, -0.25) is 14.5 Å². The lowest BCUT2D eigenvalue weighted by Crippen LogP contribution is -2.37. The van der Waals surface area contributed by atoms with Gasteiger partial charge in [0.2, 0.25) is 0 Å². The van der Waals surface area contributed by atoms with Crippen molar-refractivity contribution in [1.29, 1.82) is 0 Å². The Morgan fingerprint density at radius 3 is 2.40 bits per heavy atom. The van der Waals surface area contributed by atoms with Crippen molar-refractivity contribution in [3.05, 3.63) is 12.2 Å². The van der Waals surface area contributed by atoms with E-state index in [2.05, 4.69) is 0 Å². The lowest BCUT2D eigenvalue weighted by atomic mass is 10.3. The molecule has 1 heterocycles. The lowest BCUT2D eigenvalue weighted by Gasteiger charge is -2.19.